The van der Waals surface area contributed by atoms with Gasteiger partial charge in [0.25, 0.3) is 0 Å². The Morgan fingerprint density at radius 1 is 0.308 bits per heavy atom. The monoisotopic (exact) mass is 684 g/mol. The Labute approximate surface area is 304 Å². The summed E-state index contributed by atoms with van der Waals surface area (Å²) < 4.78 is 18.5. The highest BCUT2D eigenvalue weighted by Gasteiger charge is 2.16. The Hall–Kier alpha value is -6.49. The number of hydrogen-bond acceptors (Lipinski definition) is 1. The molecule has 0 N–H and O–H groups in total. The van der Waals surface area contributed by atoms with E-state index in [1.54, 1.807) is 0 Å². The largest absolute Gasteiger partial charge is 0.309 e. The molecular weight excluding hydrogens is 653 g/mol. The summed E-state index contributed by atoms with van der Waals surface area (Å²) >= 11 is 0. The Balaban J connectivity index is 0.979. The van der Waals surface area contributed by atoms with Crippen molar-refractivity contribution >= 4 is 54.4 Å². The van der Waals surface area contributed by atoms with E-state index in [9.17, 15) is 4.21 Å². The third kappa shape index (κ3) is 4.99. The highest BCUT2D eigenvalue weighted by molar-refractivity contribution is 7.85. The second-order valence-electron chi connectivity index (χ2n) is 13.2. The average Bonchev–Trinajstić information content (AvgIpc) is 3.73. The summed E-state index contributed by atoms with van der Waals surface area (Å²) in [5, 5.41) is 4.85. The molecule has 3 nitrogen and oxygen atoms in total. The van der Waals surface area contributed by atoms with Gasteiger partial charge in [-0.15, -0.1) is 0 Å². The van der Waals surface area contributed by atoms with Crippen LogP contribution >= 0.6 is 0 Å². The fourth-order valence-corrected chi connectivity index (χ4v) is 8.73. The van der Waals surface area contributed by atoms with Crippen LogP contribution in [0.4, 0.5) is 0 Å². The summed E-state index contributed by atoms with van der Waals surface area (Å²) in [6.07, 6.45) is 0. The van der Waals surface area contributed by atoms with Crippen LogP contribution in [0.25, 0.3) is 77.2 Å². The van der Waals surface area contributed by atoms with E-state index in [4.69, 9.17) is 0 Å². The van der Waals surface area contributed by atoms with Crippen LogP contribution in [0.5, 0.6) is 0 Å². The van der Waals surface area contributed by atoms with E-state index in [0.29, 0.717) is 0 Å². The topological polar surface area (TPSA) is 26.9 Å². The van der Waals surface area contributed by atoms with Crippen LogP contribution in [-0.2, 0) is 10.8 Å². The third-order valence-corrected chi connectivity index (χ3v) is 11.6. The first-order chi connectivity index (χ1) is 25.7. The van der Waals surface area contributed by atoms with Gasteiger partial charge in [-0.3, -0.25) is 0 Å². The molecule has 0 aliphatic carbocycles. The maximum atomic E-state index is 13.9. The Morgan fingerprint density at radius 3 is 1.10 bits per heavy atom. The Bertz CT molecular complexity index is 2740. The van der Waals surface area contributed by atoms with E-state index >= 15 is 0 Å². The zero-order valence-corrected chi connectivity index (χ0v) is 29.0. The Kier molecular flexibility index (Phi) is 7.22. The van der Waals surface area contributed by atoms with E-state index in [0.717, 1.165) is 43.2 Å². The molecule has 0 atom stereocenters. The van der Waals surface area contributed by atoms with Crippen LogP contribution in [0, 0.1) is 0 Å². The Morgan fingerprint density at radius 2 is 0.673 bits per heavy atom. The zero-order valence-electron chi connectivity index (χ0n) is 28.2. The molecule has 4 heteroatoms. The number of rotatable bonds is 6. The average molecular weight is 685 g/mol. The minimum atomic E-state index is -1.33. The standard InChI is InChI=1S/C48H32N2OS/c51-52(39-25-21-37(22-26-39)49-45-17-9-7-15-41(45)43-31-35(19-29-47(43)49)33-11-3-1-4-12-33)40-27-23-38(24-28-40)50-46-18-10-8-16-42(46)44-32-36(20-30-48(44)50)34-13-5-2-6-14-34/h1-32H. The van der Waals surface area contributed by atoms with Crippen LogP contribution in [0.15, 0.2) is 204 Å². The molecular formula is C48H32N2OS. The zero-order chi connectivity index (χ0) is 34.6. The van der Waals surface area contributed by atoms with Crippen LogP contribution < -0.4 is 0 Å². The van der Waals surface area contributed by atoms with Gasteiger partial charge in [-0.2, -0.15) is 0 Å². The van der Waals surface area contributed by atoms with Crippen LogP contribution in [0.3, 0.4) is 0 Å². The minimum absolute atomic E-state index is 0.772. The van der Waals surface area contributed by atoms with Crippen molar-refractivity contribution in [3.8, 4) is 33.6 Å². The molecule has 0 unspecified atom stereocenters. The number of aromatic nitrogens is 2. The van der Waals surface area contributed by atoms with E-state index in [1.165, 1.54) is 43.8 Å². The van der Waals surface area contributed by atoms with Gasteiger partial charge >= 0.3 is 0 Å². The normalized spacial score (nSPS) is 11.7. The van der Waals surface area contributed by atoms with Gasteiger partial charge in [0.1, 0.15) is 0 Å². The van der Waals surface area contributed by atoms with E-state index in [1.807, 2.05) is 36.4 Å². The van der Waals surface area contributed by atoms with Crippen molar-refractivity contribution in [1.82, 2.24) is 9.13 Å². The molecule has 0 spiro atoms. The lowest BCUT2D eigenvalue weighted by Gasteiger charge is -2.11. The summed E-state index contributed by atoms with van der Waals surface area (Å²) in [4.78, 5) is 1.54. The van der Waals surface area contributed by atoms with Gasteiger partial charge in [0.15, 0.2) is 0 Å². The molecule has 0 saturated heterocycles. The maximum absolute atomic E-state index is 13.9. The number of hydrogen-bond donors (Lipinski definition) is 0. The first-order valence-corrected chi connectivity index (χ1v) is 18.7. The fourth-order valence-electron chi connectivity index (χ4n) is 7.70. The van der Waals surface area contributed by atoms with Crippen molar-refractivity contribution in [2.24, 2.45) is 0 Å². The second kappa shape index (κ2) is 12.4. The SMILES string of the molecule is O=S(c1ccc(-n2c3ccccc3c3cc(-c4ccccc4)ccc32)cc1)c1ccc(-n2c3ccccc3c3cc(-c4ccccc4)ccc32)cc1. The van der Waals surface area contributed by atoms with Crippen molar-refractivity contribution in [3.63, 3.8) is 0 Å². The predicted molar refractivity (Wildman–Crippen MR) is 217 cm³/mol. The van der Waals surface area contributed by atoms with Crippen molar-refractivity contribution in [1.29, 1.82) is 0 Å². The van der Waals surface area contributed by atoms with Crippen LogP contribution in [0.2, 0.25) is 0 Å². The molecule has 8 aromatic carbocycles. The third-order valence-electron chi connectivity index (χ3n) is 10.2. The molecule has 0 saturated carbocycles. The van der Waals surface area contributed by atoms with Gasteiger partial charge < -0.3 is 9.13 Å². The molecule has 10 aromatic rings. The quantitative estimate of drug-likeness (QED) is 0.171. The lowest BCUT2D eigenvalue weighted by Crippen LogP contribution is -1.98. The van der Waals surface area contributed by atoms with Gasteiger partial charge in [-0.1, -0.05) is 109 Å². The lowest BCUT2D eigenvalue weighted by molar-refractivity contribution is 0.683. The molecule has 0 bridgehead atoms. The fraction of sp³-hybridized carbons (Fsp3) is 0. The number of fused-ring (bicyclic) bond motifs is 6. The van der Waals surface area contributed by atoms with Crippen LogP contribution in [0.1, 0.15) is 0 Å². The summed E-state index contributed by atoms with van der Waals surface area (Å²) in [7, 11) is -1.33. The van der Waals surface area contributed by atoms with Gasteiger partial charge in [-0.05, 0) is 107 Å². The molecule has 2 aromatic heterocycles. The summed E-state index contributed by atoms with van der Waals surface area (Å²) in [6, 6.07) is 67.8. The second-order valence-corrected chi connectivity index (χ2v) is 14.6. The highest BCUT2D eigenvalue weighted by atomic mass is 32.2. The summed E-state index contributed by atoms with van der Waals surface area (Å²) in [6.45, 7) is 0. The molecule has 0 amide bonds. The summed E-state index contributed by atoms with van der Waals surface area (Å²) in [5.74, 6) is 0. The van der Waals surface area contributed by atoms with Crippen LogP contribution in [-0.4, -0.2) is 13.3 Å². The molecule has 52 heavy (non-hydrogen) atoms. The van der Waals surface area contributed by atoms with Crippen molar-refractivity contribution in [2.45, 2.75) is 9.79 Å². The van der Waals surface area contributed by atoms with Gasteiger partial charge in [-0.25, -0.2) is 4.21 Å². The predicted octanol–water partition coefficient (Wildman–Crippen LogP) is 12.4. The molecule has 0 aliphatic heterocycles. The van der Waals surface area contributed by atoms with Gasteiger partial charge in [0.2, 0.25) is 0 Å². The number of benzene rings is 8. The maximum Gasteiger partial charge on any atom is 0.0849 e. The van der Waals surface area contributed by atoms with E-state index in [2.05, 4.69) is 167 Å². The van der Waals surface area contributed by atoms with Crippen molar-refractivity contribution < 1.29 is 4.21 Å². The first kappa shape index (κ1) is 30.3. The first-order valence-electron chi connectivity index (χ1n) is 17.5. The number of para-hydroxylation sites is 2. The van der Waals surface area contributed by atoms with Crippen molar-refractivity contribution in [3.05, 3.63) is 194 Å². The smallest absolute Gasteiger partial charge is 0.0849 e. The molecule has 0 fully saturated rings. The van der Waals surface area contributed by atoms with Gasteiger partial charge in [0, 0.05) is 42.7 Å². The summed E-state index contributed by atoms with van der Waals surface area (Å²) in [5.41, 5.74) is 11.5. The van der Waals surface area contributed by atoms with E-state index < -0.39 is 10.8 Å². The highest BCUT2D eigenvalue weighted by Crippen LogP contribution is 2.37. The molecule has 0 radical (unpaired) electrons. The number of nitrogens with zero attached hydrogens (tertiary/aromatic N) is 2. The molecule has 10 rings (SSSR count). The van der Waals surface area contributed by atoms with E-state index in [-0.39, 0.29) is 0 Å². The van der Waals surface area contributed by atoms with Crippen molar-refractivity contribution in [2.75, 3.05) is 0 Å². The molecule has 2 heterocycles. The van der Waals surface area contributed by atoms with Gasteiger partial charge in [0.05, 0.1) is 32.9 Å². The molecule has 246 valence electrons. The minimum Gasteiger partial charge on any atom is -0.309 e. The molecule has 0 aliphatic rings. The lowest BCUT2D eigenvalue weighted by atomic mass is 10.0.